The van der Waals surface area contributed by atoms with Crippen LogP contribution in [-0.2, 0) is 9.59 Å². The molecule has 0 bridgehead atoms. The maximum absolute atomic E-state index is 11.3. The summed E-state index contributed by atoms with van der Waals surface area (Å²) in [4.78, 5) is 22.2. The molecule has 0 rings (SSSR count). The van der Waals surface area contributed by atoms with Crippen molar-refractivity contribution in [3.05, 3.63) is 0 Å². The molecule has 0 fully saturated rings. The Bertz CT molecular complexity index is 187. The Morgan fingerprint density at radius 3 is 2.50 bits per heavy atom. The molecule has 0 heterocycles. The van der Waals surface area contributed by atoms with E-state index < -0.39 is 0 Å². The van der Waals surface area contributed by atoms with Crippen molar-refractivity contribution in [2.24, 2.45) is 5.92 Å². The molecule has 0 aliphatic carbocycles. The summed E-state index contributed by atoms with van der Waals surface area (Å²) in [5.74, 6) is -0.227. The summed E-state index contributed by atoms with van der Waals surface area (Å²) in [5, 5.41) is 0. The van der Waals surface area contributed by atoms with Crippen molar-refractivity contribution >= 4 is 29.2 Å². The summed E-state index contributed by atoms with van der Waals surface area (Å²) in [6.07, 6.45) is 2.34. The van der Waals surface area contributed by atoms with Gasteiger partial charge < -0.3 is 4.79 Å². The average Bonchev–Trinajstić information content (AvgIpc) is 1.99. The monoisotopic (exact) mass is 186 g/mol. The van der Waals surface area contributed by atoms with Gasteiger partial charge >= 0.3 is 0 Å². The molecule has 1 unspecified atom stereocenters. The molecule has 0 N–H and O–H groups in total. The van der Waals surface area contributed by atoms with Gasteiger partial charge in [0.25, 0.3) is 0 Å². The number of hydrogen-bond acceptors (Lipinski definition) is 3. The number of carbonyl (C=O) groups is 2. The van der Waals surface area contributed by atoms with Gasteiger partial charge in [-0.2, -0.15) is 0 Å². The lowest BCUT2D eigenvalue weighted by Gasteiger charge is -2.09. The van der Waals surface area contributed by atoms with E-state index in [1.54, 1.807) is 6.92 Å². The number of Topliss-reactive ketones (excluding diaryl/α,β-unsaturated/α-hetero) is 1. The highest BCUT2D eigenvalue weighted by atomic mass is 32.1. The second-order valence-electron chi connectivity index (χ2n) is 2.78. The van der Waals surface area contributed by atoms with E-state index in [1.807, 2.05) is 6.92 Å². The molecular formula is C9H14O2S. The SMILES string of the molecule is CCCC(=O)C(CC=O)C(C)=S. The Balaban J connectivity index is 4.18. The number of rotatable bonds is 6. The number of ketones is 1. The Morgan fingerprint density at radius 2 is 2.17 bits per heavy atom. The third kappa shape index (κ3) is 3.72. The molecule has 2 nitrogen and oxygen atoms in total. The van der Waals surface area contributed by atoms with Crippen molar-refractivity contribution in [1.29, 1.82) is 0 Å². The summed E-state index contributed by atoms with van der Waals surface area (Å²) < 4.78 is 0. The molecule has 0 saturated carbocycles. The summed E-state index contributed by atoms with van der Waals surface area (Å²) in [5.41, 5.74) is 0. The van der Waals surface area contributed by atoms with E-state index in [1.165, 1.54) is 0 Å². The Kier molecular flexibility index (Phi) is 5.72. The maximum Gasteiger partial charge on any atom is 0.141 e. The summed E-state index contributed by atoms with van der Waals surface area (Å²) in [7, 11) is 0. The summed E-state index contributed by atoms with van der Waals surface area (Å²) in [6.45, 7) is 3.66. The molecule has 0 saturated heterocycles. The Morgan fingerprint density at radius 1 is 1.58 bits per heavy atom. The first-order valence-corrected chi connectivity index (χ1v) is 4.51. The van der Waals surface area contributed by atoms with Crippen LogP contribution in [0.25, 0.3) is 0 Å². The number of carbonyl (C=O) groups excluding carboxylic acids is 2. The van der Waals surface area contributed by atoms with Gasteiger partial charge in [-0.15, -0.1) is 0 Å². The first-order valence-electron chi connectivity index (χ1n) is 4.10. The molecular weight excluding hydrogens is 172 g/mol. The molecule has 12 heavy (non-hydrogen) atoms. The molecule has 68 valence electrons. The topological polar surface area (TPSA) is 34.1 Å². The Hall–Kier alpha value is -0.570. The zero-order chi connectivity index (χ0) is 9.56. The highest BCUT2D eigenvalue weighted by molar-refractivity contribution is 7.80. The molecule has 1 atom stereocenters. The van der Waals surface area contributed by atoms with E-state index in [2.05, 4.69) is 0 Å². The van der Waals surface area contributed by atoms with Crippen LogP contribution in [0.5, 0.6) is 0 Å². The fourth-order valence-electron chi connectivity index (χ4n) is 1.04. The van der Waals surface area contributed by atoms with Crippen molar-refractivity contribution in [3.8, 4) is 0 Å². The smallest absolute Gasteiger partial charge is 0.141 e. The lowest BCUT2D eigenvalue weighted by molar-refractivity contribution is -0.122. The van der Waals surface area contributed by atoms with Crippen LogP contribution in [-0.4, -0.2) is 16.9 Å². The number of thiocarbonyl (C=S) groups is 1. The van der Waals surface area contributed by atoms with Crippen molar-refractivity contribution in [2.75, 3.05) is 0 Å². The lowest BCUT2D eigenvalue weighted by atomic mass is 9.95. The van der Waals surface area contributed by atoms with E-state index in [0.717, 1.165) is 12.7 Å². The van der Waals surface area contributed by atoms with E-state index in [4.69, 9.17) is 12.2 Å². The van der Waals surface area contributed by atoms with E-state index in [9.17, 15) is 9.59 Å². The zero-order valence-electron chi connectivity index (χ0n) is 7.50. The number of hydrogen-bond donors (Lipinski definition) is 0. The molecule has 0 aliphatic rings. The highest BCUT2D eigenvalue weighted by Crippen LogP contribution is 2.09. The zero-order valence-corrected chi connectivity index (χ0v) is 8.32. The van der Waals surface area contributed by atoms with Gasteiger partial charge in [-0.1, -0.05) is 19.1 Å². The van der Waals surface area contributed by atoms with Gasteiger partial charge in [-0.05, 0) is 13.3 Å². The third-order valence-corrected chi connectivity index (χ3v) is 1.99. The van der Waals surface area contributed by atoms with Crippen LogP contribution >= 0.6 is 12.2 Å². The molecule has 3 heteroatoms. The summed E-state index contributed by atoms with van der Waals surface area (Å²) >= 11 is 4.89. The third-order valence-electron chi connectivity index (χ3n) is 1.71. The van der Waals surface area contributed by atoms with Gasteiger partial charge in [0.05, 0.1) is 5.92 Å². The standard InChI is InChI=1S/C9H14O2S/c1-3-4-9(11)8(5-6-10)7(2)12/h6,8H,3-5H2,1-2H3. The first kappa shape index (κ1) is 11.4. The maximum atomic E-state index is 11.3. The summed E-state index contributed by atoms with van der Waals surface area (Å²) in [6, 6.07) is 0. The molecule has 0 aromatic heterocycles. The van der Waals surface area contributed by atoms with Gasteiger partial charge in [0.1, 0.15) is 12.1 Å². The fourth-order valence-corrected chi connectivity index (χ4v) is 1.27. The van der Waals surface area contributed by atoms with Crippen LogP contribution in [0.15, 0.2) is 0 Å². The van der Waals surface area contributed by atoms with E-state index in [-0.39, 0.29) is 18.1 Å². The predicted octanol–water partition coefficient (Wildman–Crippen LogP) is 1.95. The van der Waals surface area contributed by atoms with Crippen molar-refractivity contribution in [2.45, 2.75) is 33.1 Å². The average molecular weight is 186 g/mol. The van der Waals surface area contributed by atoms with Crippen molar-refractivity contribution in [1.82, 2.24) is 0 Å². The Labute approximate surface area is 78.3 Å². The van der Waals surface area contributed by atoms with E-state index >= 15 is 0 Å². The van der Waals surface area contributed by atoms with Gasteiger partial charge in [-0.25, -0.2) is 0 Å². The fraction of sp³-hybridized carbons (Fsp3) is 0.667. The van der Waals surface area contributed by atoms with Crippen molar-refractivity contribution < 1.29 is 9.59 Å². The molecule has 0 radical (unpaired) electrons. The normalized spacial score (nSPS) is 12.2. The van der Waals surface area contributed by atoms with Crippen molar-refractivity contribution in [3.63, 3.8) is 0 Å². The molecule has 0 aromatic rings. The molecule has 0 aromatic carbocycles. The van der Waals surface area contributed by atoms with Crippen LogP contribution in [0, 0.1) is 5.92 Å². The van der Waals surface area contributed by atoms with Crippen LogP contribution in [0.3, 0.4) is 0 Å². The van der Waals surface area contributed by atoms with Crippen LogP contribution in [0.4, 0.5) is 0 Å². The van der Waals surface area contributed by atoms with Crippen LogP contribution in [0.1, 0.15) is 33.1 Å². The molecule has 0 amide bonds. The second kappa shape index (κ2) is 6.00. The number of aldehydes is 1. The van der Waals surface area contributed by atoms with Crippen LogP contribution in [0.2, 0.25) is 0 Å². The van der Waals surface area contributed by atoms with Gasteiger partial charge in [0.15, 0.2) is 0 Å². The minimum absolute atomic E-state index is 0.0945. The van der Waals surface area contributed by atoms with Gasteiger partial charge in [0, 0.05) is 17.7 Å². The highest BCUT2D eigenvalue weighted by Gasteiger charge is 2.18. The molecule has 0 spiro atoms. The second-order valence-corrected chi connectivity index (χ2v) is 3.43. The van der Waals surface area contributed by atoms with Crippen LogP contribution < -0.4 is 0 Å². The minimum Gasteiger partial charge on any atom is -0.303 e. The first-order chi connectivity index (χ1) is 5.63. The van der Waals surface area contributed by atoms with E-state index in [0.29, 0.717) is 11.3 Å². The largest absolute Gasteiger partial charge is 0.303 e. The van der Waals surface area contributed by atoms with Gasteiger partial charge in [0.2, 0.25) is 0 Å². The molecule has 0 aliphatic heterocycles. The minimum atomic E-state index is -0.322. The predicted molar refractivity (Wildman–Crippen MR) is 52.4 cm³/mol. The van der Waals surface area contributed by atoms with Gasteiger partial charge in [-0.3, -0.25) is 4.79 Å². The quantitative estimate of drug-likeness (QED) is 0.469. The lowest BCUT2D eigenvalue weighted by Crippen LogP contribution is -2.20.